The highest BCUT2D eigenvalue weighted by Crippen LogP contribution is 2.62. The number of carbonyl (C=O) groups is 1. The summed E-state index contributed by atoms with van der Waals surface area (Å²) >= 11 is 4.69. The molecule has 0 aromatic carbocycles. The maximum Gasteiger partial charge on any atom is 0.185 e. The molecule has 0 spiro atoms. The van der Waals surface area contributed by atoms with E-state index in [9.17, 15) is 4.79 Å². The molecule has 0 aromatic heterocycles. The predicted molar refractivity (Wildman–Crippen MR) is 67.0 cm³/mol. The number of hydrogen-bond acceptors (Lipinski definition) is 3. The summed E-state index contributed by atoms with van der Waals surface area (Å²) in [6, 6.07) is 0. The third-order valence-electron chi connectivity index (χ3n) is 4.58. The van der Waals surface area contributed by atoms with E-state index in [1.165, 1.54) is 0 Å². The Morgan fingerprint density at radius 2 is 2.19 bits per heavy atom. The summed E-state index contributed by atoms with van der Waals surface area (Å²) < 4.78 is 0. The van der Waals surface area contributed by atoms with Crippen LogP contribution in [0.5, 0.6) is 0 Å². The standard InChI is InChI=1S/C11H17N3OS/c1-10(2)6-4-5-11(10,3)8(15)7(6)13-14-9(12)16/h6H,4-5H2,1-3H3,(H3,12,14,16)/b13-7+. The molecule has 2 aliphatic carbocycles. The molecular formula is C11H17N3OS. The molecule has 3 N–H and O–H groups in total. The number of thiocarbonyl (C=S) groups is 1. The summed E-state index contributed by atoms with van der Waals surface area (Å²) in [6.45, 7) is 6.33. The zero-order chi connectivity index (χ0) is 12.1. The Balaban J connectivity index is 2.37. The van der Waals surface area contributed by atoms with E-state index in [1.807, 2.05) is 6.92 Å². The largest absolute Gasteiger partial charge is 0.375 e. The van der Waals surface area contributed by atoms with Crippen molar-refractivity contribution in [1.82, 2.24) is 5.43 Å². The normalized spacial score (nSPS) is 38.1. The Morgan fingerprint density at radius 3 is 2.62 bits per heavy atom. The van der Waals surface area contributed by atoms with Gasteiger partial charge in [0.05, 0.1) is 0 Å². The summed E-state index contributed by atoms with van der Waals surface area (Å²) in [6.07, 6.45) is 1.97. The Morgan fingerprint density at radius 1 is 1.56 bits per heavy atom. The molecule has 0 aromatic rings. The molecule has 16 heavy (non-hydrogen) atoms. The van der Waals surface area contributed by atoms with E-state index in [4.69, 9.17) is 5.73 Å². The fourth-order valence-corrected chi connectivity index (χ4v) is 3.12. The van der Waals surface area contributed by atoms with Crippen molar-refractivity contribution in [2.45, 2.75) is 33.6 Å². The molecule has 2 fully saturated rings. The number of nitrogens with zero attached hydrogens (tertiary/aromatic N) is 1. The van der Waals surface area contributed by atoms with E-state index in [2.05, 4.69) is 36.6 Å². The van der Waals surface area contributed by atoms with Crippen molar-refractivity contribution in [2.75, 3.05) is 0 Å². The second kappa shape index (κ2) is 3.26. The Labute approximate surface area is 101 Å². The number of Topliss-reactive ketones (excluding diaryl/α,β-unsaturated/α-hetero) is 1. The first-order chi connectivity index (χ1) is 7.30. The number of nitrogens with two attached hydrogens (primary N) is 1. The second-order valence-electron chi connectivity index (χ2n) is 5.45. The molecule has 0 aliphatic heterocycles. The molecule has 0 saturated heterocycles. The summed E-state index contributed by atoms with van der Waals surface area (Å²) in [5.74, 6) is 0.379. The summed E-state index contributed by atoms with van der Waals surface area (Å²) in [4.78, 5) is 12.3. The first-order valence-electron chi connectivity index (χ1n) is 5.48. The lowest BCUT2D eigenvalue weighted by molar-refractivity contribution is -0.123. The SMILES string of the molecule is CC12CCC(/C(=N\NC(N)=S)C1=O)C2(C)C. The highest BCUT2D eigenvalue weighted by atomic mass is 32.1. The number of nitrogens with one attached hydrogen (secondary N) is 1. The maximum atomic E-state index is 12.3. The molecule has 5 heteroatoms. The van der Waals surface area contributed by atoms with Crippen molar-refractivity contribution >= 4 is 28.8 Å². The molecule has 2 aliphatic rings. The quantitative estimate of drug-likeness (QED) is 0.533. The van der Waals surface area contributed by atoms with Gasteiger partial charge in [0, 0.05) is 11.3 Å². The molecule has 0 heterocycles. The van der Waals surface area contributed by atoms with E-state index in [0.717, 1.165) is 12.8 Å². The summed E-state index contributed by atoms with van der Waals surface area (Å²) in [7, 11) is 0. The number of fused-ring (bicyclic) bond motifs is 2. The second-order valence-corrected chi connectivity index (χ2v) is 5.89. The van der Waals surface area contributed by atoms with Gasteiger partial charge in [-0.15, -0.1) is 0 Å². The van der Waals surface area contributed by atoms with E-state index in [0.29, 0.717) is 5.71 Å². The van der Waals surface area contributed by atoms with Gasteiger partial charge >= 0.3 is 0 Å². The van der Waals surface area contributed by atoms with Crippen LogP contribution in [0.1, 0.15) is 33.6 Å². The van der Waals surface area contributed by atoms with Gasteiger partial charge in [-0.3, -0.25) is 10.2 Å². The molecule has 2 saturated carbocycles. The van der Waals surface area contributed by atoms with Crippen LogP contribution < -0.4 is 11.2 Å². The van der Waals surface area contributed by atoms with Gasteiger partial charge in [-0.05, 0) is 30.5 Å². The Kier molecular flexibility index (Phi) is 2.35. The zero-order valence-corrected chi connectivity index (χ0v) is 10.6. The van der Waals surface area contributed by atoms with Crippen molar-refractivity contribution in [3.05, 3.63) is 0 Å². The number of carbonyl (C=O) groups excluding carboxylic acids is 1. The smallest absolute Gasteiger partial charge is 0.185 e. The average molecular weight is 239 g/mol. The fourth-order valence-electron chi connectivity index (χ4n) is 3.07. The van der Waals surface area contributed by atoms with Crippen molar-refractivity contribution in [3.63, 3.8) is 0 Å². The van der Waals surface area contributed by atoms with Crippen molar-refractivity contribution in [3.8, 4) is 0 Å². The van der Waals surface area contributed by atoms with Crippen LogP contribution in [-0.2, 0) is 4.79 Å². The Hall–Kier alpha value is -0.970. The van der Waals surface area contributed by atoms with Crippen LogP contribution in [0.3, 0.4) is 0 Å². The van der Waals surface area contributed by atoms with Gasteiger partial charge in [0.2, 0.25) is 0 Å². The van der Waals surface area contributed by atoms with E-state index >= 15 is 0 Å². The monoisotopic (exact) mass is 239 g/mol. The van der Waals surface area contributed by atoms with E-state index in [-0.39, 0.29) is 27.6 Å². The van der Waals surface area contributed by atoms with Gasteiger partial charge in [0.15, 0.2) is 10.9 Å². The fraction of sp³-hybridized carbons (Fsp3) is 0.727. The third kappa shape index (κ3) is 1.24. The van der Waals surface area contributed by atoms with E-state index < -0.39 is 0 Å². The van der Waals surface area contributed by atoms with Gasteiger partial charge in [0.25, 0.3) is 0 Å². The predicted octanol–water partition coefficient (Wildman–Crippen LogP) is 1.20. The highest BCUT2D eigenvalue weighted by molar-refractivity contribution is 7.80. The molecule has 2 atom stereocenters. The van der Waals surface area contributed by atoms with Crippen molar-refractivity contribution in [1.29, 1.82) is 0 Å². The molecule has 2 bridgehead atoms. The minimum absolute atomic E-state index is 0.0131. The summed E-state index contributed by atoms with van der Waals surface area (Å²) in [5, 5.41) is 4.18. The lowest BCUT2D eigenvalue weighted by Crippen LogP contribution is -2.34. The zero-order valence-electron chi connectivity index (χ0n) is 9.83. The number of hydrogen-bond donors (Lipinski definition) is 2. The molecule has 88 valence electrons. The lowest BCUT2D eigenvalue weighted by atomic mass is 9.70. The van der Waals surface area contributed by atoms with Crippen LogP contribution >= 0.6 is 12.2 Å². The van der Waals surface area contributed by atoms with Crippen LogP contribution in [0, 0.1) is 16.7 Å². The van der Waals surface area contributed by atoms with Crippen LogP contribution in [0.4, 0.5) is 0 Å². The topological polar surface area (TPSA) is 67.5 Å². The van der Waals surface area contributed by atoms with Gasteiger partial charge in [-0.25, -0.2) is 0 Å². The number of rotatable bonds is 1. The molecule has 0 radical (unpaired) electrons. The molecular weight excluding hydrogens is 222 g/mol. The van der Waals surface area contributed by atoms with Crippen LogP contribution in [0.25, 0.3) is 0 Å². The molecule has 2 rings (SSSR count). The van der Waals surface area contributed by atoms with Gasteiger partial charge in [-0.2, -0.15) is 5.10 Å². The molecule has 4 nitrogen and oxygen atoms in total. The van der Waals surface area contributed by atoms with Crippen LogP contribution in [0.2, 0.25) is 0 Å². The highest BCUT2D eigenvalue weighted by Gasteiger charge is 2.65. The Bertz CT molecular complexity index is 402. The number of ketones is 1. The van der Waals surface area contributed by atoms with Crippen LogP contribution in [0.15, 0.2) is 5.10 Å². The first kappa shape index (κ1) is 11.5. The molecule has 0 amide bonds. The lowest BCUT2D eigenvalue weighted by Gasteiger charge is -2.31. The average Bonchev–Trinajstić information content (AvgIpc) is 2.47. The van der Waals surface area contributed by atoms with Gasteiger partial charge in [-0.1, -0.05) is 20.8 Å². The van der Waals surface area contributed by atoms with E-state index in [1.54, 1.807) is 0 Å². The third-order valence-corrected chi connectivity index (χ3v) is 4.67. The minimum Gasteiger partial charge on any atom is -0.375 e. The minimum atomic E-state index is -0.269. The number of hydrazone groups is 1. The van der Waals surface area contributed by atoms with Crippen molar-refractivity contribution in [2.24, 2.45) is 27.6 Å². The van der Waals surface area contributed by atoms with Gasteiger partial charge < -0.3 is 5.73 Å². The van der Waals surface area contributed by atoms with Crippen molar-refractivity contribution < 1.29 is 4.79 Å². The summed E-state index contributed by atoms with van der Waals surface area (Å²) in [5.41, 5.74) is 8.19. The first-order valence-corrected chi connectivity index (χ1v) is 5.89. The molecule has 2 unspecified atom stereocenters. The van der Waals surface area contributed by atoms with Crippen LogP contribution in [-0.4, -0.2) is 16.6 Å². The van der Waals surface area contributed by atoms with Gasteiger partial charge in [0.1, 0.15) is 5.71 Å². The maximum absolute atomic E-state index is 12.3.